The number of ketones is 1. The van der Waals surface area contributed by atoms with Crippen LogP contribution in [0, 0.1) is 0 Å². The molecular weight excluding hydrogens is 341 g/mol. The number of hydrogen-bond donors (Lipinski definition) is 0. The van der Waals surface area contributed by atoms with Crippen molar-refractivity contribution < 1.29 is 73.9 Å². The third-order valence-corrected chi connectivity index (χ3v) is 2.82. The number of carbonyl (C=O) groups excluding carboxylic acids is 2. The summed E-state index contributed by atoms with van der Waals surface area (Å²) in [6.07, 6.45) is -1.39. The zero-order valence-electron chi connectivity index (χ0n) is 9.29. The number of anilines is 1. The molecule has 0 aromatic heterocycles. The van der Waals surface area contributed by atoms with Crippen molar-refractivity contribution in [3.8, 4) is 0 Å². The fourth-order valence-electron chi connectivity index (χ4n) is 1.66. The molecule has 0 N–H and O–H groups in total. The van der Waals surface area contributed by atoms with E-state index in [1.54, 1.807) is 0 Å². The normalized spacial score (nSPS) is 14.6. The Kier molecular flexibility index (Phi) is 5.24. The first-order chi connectivity index (χ1) is 7.79. The molecule has 0 saturated carbocycles. The van der Waals surface area contributed by atoms with Crippen LogP contribution in [-0.4, -0.2) is 25.1 Å². The number of halogens is 4. The van der Waals surface area contributed by atoms with Crippen LogP contribution in [-0.2, 0) is 4.79 Å². The minimum Gasteiger partial charge on any atom is -0.448 e. The maximum absolute atomic E-state index is 12.3. The molecule has 1 aliphatic heterocycles. The van der Waals surface area contributed by atoms with E-state index in [0.29, 0.717) is 9.37 Å². The number of nitrogens with zero attached hydrogens (tertiary/aromatic N) is 1. The molecule has 0 bridgehead atoms. The SMILES string of the molecule is O=C1C(=O)N(C[B-](F)(F)F)c2cc(Br)ccc21.[K+]. The van der Waals surface area contributed by atoms with Gasteiger partial charge in [0.25, 0.3) is 11.7 Å². The molecular formula is C9H5BBrF3KNO2. The number of Topliss-reactive ketones (excluding diaryl/α,β-unsaturated/α-hetero) is 1. The second-order valence-electron chi connectivity index (χ2n) is 3.62. The van der Waals surface area contributed by atoms with Gasteiger partial charge in [-0.1, -0.05) is 15.9 Å². The molecule has 1 aromatic carbocycles. The molecule has 0 aliphatic carbocycles. The minimum absolute atomic E-state index is 0. The largest absolute Gasteiger partial charge is 1.00 e. The van der Waals surface area contributed by atoms with Gasteiger partial charge >= 0.3 is 58.4 Å². The van der Waals surface area contributed by atoms with E-state index in [9.17, 15) is 22.5 Å². The maximum Gasteiger partial charge on any atom is 1.00 e. The number of amides is 1. The molecule has 18 heavy (non-hydrogen) atoms. The zero-order valence-corrected chi connectivity index (χ0v) is 14.0. The third kappa shape index (κ3) is 3.26. The third-order valence-electron chi connectivity index (χ3n) is 2.32. The summed E-state index contributed by atoms with van der Waals surface area (Å²) < 4.78 is 37.6. The molecule has 0 atom stereocenters. The predicted octanol–water partition coefficient (Wildman–Crippen LogP) is -0.631. The Hall–Kier alpha value is 0.331. The van der Waals surface area contributed by atoms with E-state index in [4.69, 9.17) is 0 Å². The molecule has 9 heteroatoms. The van der Waals surface area contributed by atoms with Gasteiger partial charge in [0.1, 0.15) is 0 Å². The monoisotopic (exact) mass is 345 g/mol. The van der Waals surface area contributed by atoms with Gasteiger partial charge in [0, 0.05) is 4.47 Å². The van der Waals surface area contributed by atoms with Crippen LogP contribution in [0.5, 0.6) is 0 Å². The average molecular weight is 346 g/mol. The summed E-state index contributed by atoms with van der Waals surface area (Å²) in [5, 5.41) is 0. The quantitative estimate of drug-likeness (QED) is 0.528. The van der Waals surface area contributed by atoms with Gasteiger partial charge in [-0.05, 0) is 24.6 Å². The molecule has 0 unspecified atom stereocenters. The first-order valence-electron chi connectivity index (χ1n) is 4.66. The molecule has 1 amide bonds. The zero-order chi connectivity index (χ0) is 12.8. The number of carbonyl (C=O) groups is 2. The van der Waals surface area contributed by atoms with E-state index in [-0.39, 0.29) is 62.6 Å². The molecule has 1 aromatic rings. The molecule has 0 fully saturated rings. The summed E-state index contributed by atoms with van der Waals surface area (Å²) in [7, 11) is 0. The Labute approximate surface area is 152 Å². The Morgan fingerprint density at radius 2 is 1.83 bits per heavy atom. The van der Waals surface area contributed by atoms with Crippen LogP contribution in [0.25, 0.3) is 0 Å². The second-order valence-corrected chi connectivity index (χ2v) is 4.53. The Bertz CT molecular complexity index is 523. The second kappa shape index (κ2) is 5.76. The van der Waals surface area contributed by atoms with Crippen LogP contribution in [0.3, 0.4) is 0 Å². The van der Waals surface area contributed by atoms with E-state index in [2.05, 4.69) is 15.9 Å². The Morgan fingerprint density at radius 3 is 2.39 bits per heavy atom. The fraction of sp³-hybridized carbons (Fsp3) is 0.111. The van der Waals surface area contributed by atoms with Gasteiger partial charge in [0.05, 0.1) is 11.3 Å². The Morgan fingerprint density at radius 1 is 1.22 bits per heavy atom. The molecule has 0 radical (unpaired) electrons. The first kappa shape index (κ1) is 16.4. The number of benzene rings is 1. The van der Waals surface area contributed by atoms with Crippen molar-refractivity contribution in [3.05, 3.63) is 28.2 Å². The van der Waals surface area contributed by atoms with Crippen LogP contribution in [0.15, 0.2) is 22.7 Å². The molecule has 2 rings (SSSR count). The molecule has 90 valence electrons. The summed E-state index contributed by atoms with van der Waals surface area (Å²) in [5.74, 6) is -2.02. The summed E-state index contributed by atoms with van der Waals surface area (Å²) in [6, 6.07) is 4.18. The fourth-order valence-corrected chi connectivity index (χ4v) is 2.00. The summed E-state index contributed by atoms with van der Waals surface area (Å²) in [6.45, 7) is -5.17. The first-order valence-corrected chi connectivity index (χ1v) is 5.45. The van der Waals surface area contributed by atoms with Crippen molar-refractivity contribution in [2.45, 2.75) is 0 Å². The van der Waals surface area contributed by atoms with Crippen molar-refractivity contribution in [2.24, 2.45) is 0 Å². The number of hydrogen-bond acceptors (Lipinski definition) is 2. The van der Waals surface area contributed by atoms with E-state index >= 15 is 0 Å². The number of fused-ring (bicyclic) bond motifs is 1. The number of rotatable bonds is 2. The van der Waals surface area contributed by atoms with E-state index in [1.165, 1.54) is 18.2 Å². The average Bonchev–Trinajstić information content (AvgIpc) is 2.42. The van der Waals surface area contributed by atoms with Crippen molar-refractivity contribution >= 4 is 40.3 Å². The van der Waals surface area contributed by atoms with Crippen LogP contribution in [0.2, 0.25) is 0 Å². The Balaban J connectivity index is 0.00000162. The topological polar surface area (TPSA) is 37.4 Å². The minimum atomic E-state index is -5.17. The summed E-state index contributed by atoms with van der Waals surface area (Å²) >= 11 is 3.09. The van der Waals surface area contributed by atoms with E-state index < -0.39 is 25.1 Å². The van der Waals surface area contributed by atoms with Gasteiger partial charge in [-0.25, -0.2) is 0 Å². The van der Waals surface area contributed by atoms with Crippen LogP contribution in [0.1, 0.15) is 10.4 Å². The van der Waals surface area contributed by atoms with Gasteiger partial charge in [0.2, 0.25) is 0 Å². The van der Waals surface area contributed by atoms with Gasteiger partial charge in [-0.3, -0.25) is 9.59 Å². The molecule has 1 aliphatic rings. The molecule has 0 saturated heterocycles. The van der Waals surface area contributed by atoms with Crippen molar-refractivity contribution in [3.63, 3.8) is 0 Å². The van der Waals surface area contributed by atoms with Gasteiger partial charge in [-0.15, -0.1) is 0 Å². The van der Waals surface area contributed by atoms with E-state index in [1.807, 2.05) is 0 Å². The van der Waals surface area contributed by atoms with Gasteiger partial charge in [-0.2, -0.15) is 0 Å². The summed E-state index contributed by atoms with van der Waals surface area (Å²) in [5.41, 5.74) is 0.0202. The van der Waals surface area contributed by atoms with Crippen LogP contribution < -0.4 is 56.3 Å². The standard InChI is InChI=1S/C9H5BBrF3NO2.K/c11-5-1-2-6-7(3-5)15(4-10(12,13)14)9(17)8(6)16;/h1-3H,4H2;/q-1;+1. The molecule has 3 nitrogen and oxygen atoms in total. The molecule has 1 heterocycles. The van der Waals surface area contributed by atoms with E-state index in [0.717, 1.165) is 0 Å². The maximum atomic E-state index is 12.3. The smallest absolute Gasteiger partial charge is 0.448 e. The predicted molar refractivity (Wildman–Crippen MR) is 59.9 cm³/mol. The summed E-state index contributed by atoms with van der Waals surface area (Å²) in [4.78, 5) is 23.3. The van der Waals surface area contributed by atoms with Crippen LogP contribution >= 0.6 is 15.9 Å². The van der Waals surface area contributed by atoms with Gasteiger partial charge in [0.15, 0.2) is 0 Å². The van der Waals surface area contributed by atoms with Crippen molar-refractivity contribution in [1.29, 1.82) is 0 Å². The van der Waals surface area contributed by atoms with Crippen molar-refractivity contribution in [1.82, 2.24) is 0 Å². The van der Waals surface area contributed by atoms with Crippen LogP contribution in [0.4, 0.5) is 18.6 Å². The molecule has 0 spiro atoms. The van der Waals surface area contributed by atoms with Gasteiger partial charge < -0.3 is 17.8 Å². The van der Waals surface area contributed by atoms with Crippen molar-refractivity contribution in [2.75, 3.05) is 11.3 Å².